The third kappa shape index (κ3) is 4.44. The van der Waals surface area contributed by atoms with Gasteiger partial charge in [-0.1, -0.05) is 26.0 Å². The SMILES string of the molecule is CC(C)CNc1nc(-c2ccc(O)c(F)c2)cn2c(-c3ccc(C(=O)NC4CC4)cc3)cnc12. The number of carbonyl (C=O) groups is 1. The molecule has 1 aliphatic rings. The summed E-state index contributed by atoms with van der Waals surface area (Å²) in [6, 6.07) is 11.9. The summed E-state index contributed by atoms with van der Waals surface area (Å²) in [6.45, 7) is 4.89. The number of benzene rings is 2. The Morgan fingerprint density at radius 2 is 1.91 bits per heavy atom. The van der Waals surface area contributed by atoms with E-state index in [9.17, 15) is 14.3 Å². The van der Waals surface area contributed by atoms with Gasteiger partial charge in [0.15, 0.2) is 23.0 Å². The first kappa shape index (κ1) is 21.9. The van der Waals surface area contributed by atoms with Gasteiger partial charge in [0, 0.05) is 35.5 Å². The summed E-state index contributed by atoms with van der Waals surface area (Å²) in [6.07, 6.45) is 5.65. The maximum atomic E-state index is 14.1. The molecule has 0 aliphatic heterocycles. The number of anilines is 1. The van der Waals surface area contributed by atoms with Crippen LogP contribution in [0.3, 0.4) is 0 Å². The number of hydrogen-bond acceptors (Lipinski definition) is 5. The molecule has 7 nitrogen and oxygen atoms in total. The molecule has 0 spiro atoms. The first-order chi connectivity index (χ1) is 16.4. The number of rotatable bonds is 7. The van der Waals surface area contributed by atoms with Crippen molar-refractivity contribution in [2.75, 3.05) is 11.9 Å². The molecule has 2 heterocycles. The van der Waals surface area contributed by atoms with Gasteiger partial charge >= 0.3 is 0 Å². The monoisotopic (exact) mass is 459 g/mol. The van der Waals surface area contributed by atoms with Crippen molar-refractivity contribution in [2.45, 2.75) is 32.7 Å². The molecule has 3 N–H and O–H groups in total. The zero-order chi connectivity index (χ0) is 23.8. The minimum atomic E-state index is -0.706. The Kier molecular flexibility index (Phi) is 5.65. The van der Waals surface area contributed by atoms with Crippen LogP contribution in [0.2, 0.25) is 0 Å². The van der Waals surface area contributed by atoms with Crippen molar-refractivity contribution in [3.05, 3.63) is 66.2 Å². The summed E-state index contributed by atoms with van der Waals surface area (Å²) in [5.41, 5.74) is 4.05. The fraction of sp³-hybridized carbons (Fsp3) is 0.269. The number of aromatic nitrogens is 3. The summed E-state index contributed by atoms with van der Waals surface area (Å²) < 4.78 is 16.0. The van der Waals surface area contributed by atoms with E-state index in [2.05, 4.69) is 29.5 Å². The van der Waals surface area contributed by atoms with E-state index in [1.54, 1.807) is 18.5 Å². The Balaban J connectivity index is 1.56. The van der Waals surface area contributed by atoms with Crippen LogP contribution in [0.1, 0.15) is 37.0 Å². The predicted octanol–water partition coefficient (Wildman–Crippen LogP) is 4.87. The lowest BCUT2D eigenvalue weighted by Crippen LogP contribution is -2.25. The van der Waals surface area contributed by atoms with Gasteiger partial charge in [0.2, 0.25) is 0 Å². The highest BCUT2D eigenvalue weighted by molar-refractivity contribution is 5.95. The molecule has 174 valence electrons. The summed E-state index contributed by atoms with van der Waals surface area (Å²) >= 11 is 0. The van der Waals surface area contributed by atoms with E-state index in [0.717, 1.165) is 24.1 Å². The van der Waals surface area contributed by atoms with E-state index in [4.69, 9.17) is 4.98 Å². The van der Waals surface area contributed by atoms with Gasteiger partial charge in [-0.2, -0.15) is 0 Å². The molecular weight excluding hydrogens is 433 g/mol. The van der Waals surface area contributed by atoms with Crippen LogP contribution in [-0.4, -0.2) is 38.0 Å². The predicted molar refractivity (Wildman–Crippen MR) is 129 cm³/mol. The average molecular weight is 460 g/mol. The number of nitrogens with zero attached hydrogens (tertiary/aromatic N) is 3. The third-order valence-corrected chi connectivity index (χ3v) is 5.77. The second-order valence-corrected chi connectivity index (χ2v) is 9.08. The van der Waals surface area contributed by atoms with Gasteiger partial charge in [0.1, 0.15) is 0 Å². The molecule has 4 aromatic rings. The fourth-order valence-corrected chi connectivity index (χ4v) is 3.72. The number of carbonyl (C=O) groups excluding carboxylic acids is 1. The lowest BCUT2D eigenvalue weighted by atomic mass is 10.1. The molecule has 2 aromatic heterocycles. The number of amides is 1. The molecule has 8 heteroatoms. The second-order valence-electron chi connectivity index (χ2n) is 9.08. The smallest absolute Gasteiger partial charge is 0.251 e. The molecule has 34 heavy (non-hydrogen) atoms. The number of imidazole rings is 1. The number of phenolic OH excluding ortho intramolecular Hbond substituents is 1. The fourth-order valence-electron chi connectivity index (χ4n) is 3.72. The topological polar surface area (TPSA) is 91.5 Å². The van der Waals surface area contributed by atoms with E-state index < -0.39 is 11.6 Å². The Labute approximate surface area is 196 Å². The van der Waals surface area contributed by atoms with E-state index in [0.29, 0.717) is 46.8 Å². The van der Waals surface area contributed by atoms with E-state index >= 15 is 0 Å². The molecule has 1 saturated carbocycles. The van der Waals surface area contributed by atoms with Crippen LogP contribution in [0.4, 0.5) is 10.2 Å². The quantitative estimate of drug-likeness (QED) is 0.367. The molecule has 1 amide bonds. The van der Waals surface area contributed by atoms with Crippen LogP contribution in [0.5, 0.6) is 5.75 Å². The average Bonchev–Trinajstić information content (AvgIpc) is 3.54. The van der Waals surface area contributed by atoms with Crippen molar-refractivity contribution in [1.82, 2.24) is 19.7 Å². The standard InChI is InChI=1S/C26H26FN5O2/c1-15(2)12-28-24-25-29-13-22(16-3-5-17(6-4-16)26(34)30-19-8-9-19)32(25)14-21(31-24)18-7-10-23(33)20(27)11-18/h3-7,10-11,13-15,19,33H,8-9,12H2,1-2H3,(H,28,31)(H,30,34). The van der Waals surface area contributed by atoms with Gasteiger partial charge in [0.25, 0.3) is 5.91 Å². The van der Waals surface area contributed by atoms with Crippen LogP contribution in [-0.2, 0) is 0 Å². The molecular formula is C26H26FN5O2. The molecule has 0 unspecified atom stereocenters. The molecule has 0 radical (unpaired) electrons. The van der Waals surface area contributed by atoms with Gasteiger partial charge in [-0.25, -0.2) is 14.4 Å². The van der Waals surface area contributed by atoms with Crippen molar-refractivity contribution in [2.24, 2.45) is 5.92 Å². The van der Waals surface area contributed by atoms with Crippen LogP contribution < -0.4 is 10.6 Å². The largest absolute Gasteiger partial charge is 0.505 e. The van der Waals surface area contributed by atoms with Gasteiger partial charge in [-0.15, -0.1) is 0 Å². The Bertz CT molecular complexity index is 1360. The summed E-state index contributed by atoms with van der Waals surface area (Å²) in [7, 11) is 0. The minimum Gasteiger partial charge on any atom is -0.505 e. The summed E-state index contributed by atoms with van der Waals surface area (Å²) in [5.74, 6) is -0.195. The normalized spacial score (nSPS) is 13.4. The van der Waals surface area contributed by atoms with Crippen LogP contribution in [0.15, 0.2) is 54.9 Å². The van der Waals surface area contributed by atoms with Crippen LogP contribution in [0, 0.1) is 11.7 Å². The highest BCUT2D eigenvalue weighted by atomic mass is 19.1. The van der Waals surface area contributed by atoms with Crippen molar-refractivity contribution in [1.29, 1.82) is 0 Å². The molecule has 0 atom stereocenters. The summed E-state index contributed by atoms with van der Waals surface area (Å²) in [5, 5.41) is 15.9. The van der Waals surface area contributed by atoms with Crippen molar-refractivity contribution in [3.63, 3.8) is 0 Å². The van der Waals surface area contributed by atoms with Gasteiger partial charge in [-0.3, -0.25) is 9.20 Å². The second kappa shape index (κ2) is 8.78. The molecule has 2 aromatic carbocycles. The Morgan fingerprint density at radius 3 is 2.59 bits per heavy atom. The van der Waals surface area contributed by atoms with E-state index in [1.165, 1.54) is 12.1 Å². The lowest BCUT2D eigenvalue weighted by Gasteiger charge is -2.13. The maximum absolute atomic E-state index is 14.1. The lowest BCUT2D eigenvalue weighted by molar-refractivity contribution is 0.0951. The van der Waals surface area contributed by atoms with Crippen LogP contribution >= 0.6 is 0 Å². The van der Waals surface area contributed by atoms with E-state index in [-0.39, 0.29) is 5.91 Å². The first-order valence-corrected chi connectivity index (χ1v) is 11.4. The summed E-state index contributed by atoms with van der Waals surface area (Å²) in [4.78, 5) is 21.6. The third-order valence-electron chi connectivity index (χ3n) is 5.77. The van der Waals surface area contributed by atoms with E-state index in [1.807, 2.05) is 28.7 Å². The van der Waals surface area contributed by atoms with Crippen molar-refractivity contribution in [3.8, 4) is 28.3 Å². The number of halogens is 1. The number of aromatic hydroxyl groups is 1. The molecule has 5 rings (SSSR count). The molecule has 0 bridgehead atoms. The van der Waals surface area contributed by atoms with Crippen molar-refractivity contribution < 1.29 is 14.3 Å². The number of hydrogen-bond donors (Lipinski definition) is 3. The number of fused-ring (bicyclic) bond motifs is 1. The number of phenols is 1. The Hall–Kier alpha value is -3.94. The van der Waals surface area contributed by atoms with Gasteiger partial charge < -0.3 is 15.7 Å². The Morgan fingerprint density at radius 1 is 1.18 bits per heavy atom. The number of nitrogens with one attached hydrogen (secondary N) is 2. The maximum Gasteiger partial charge on any atom is 0.251 e. The highest BCUT2D eigenvalue weighted by Crippen LogP contribution is 2.30. The highest BCUT2D eigenvalue weighted by Gasteiger charge is 2.24. The minimum absolute atomic E-state index is 0.0618. The first-order valence-electron chi connectivity index (χ1n) is 11.4. The van der Waals surface area contributed by atoms with Gasteiger partial charge in [0.05, 0.1) is 17.6 Å². The molecule has 1 fully saturated rings. The zero-order valence-corrected chi connectivity index (χ0v) is 19.0. The molecule has 1 aliphatic carbocycles. The molecule has 0 saturated heterocycles. The van der Waals surface area contributed by atoms with Crippen LogP contribution in [0.25, 0.3) is 28.2 Å². The zero-order valence-electron chi connectivity index (χ0n) is 19.0. The van der Waals surface area contributed by atoms with Crippen molar-refractivity contribution >= 4 is 17.4 Å². The van der Waals surface area contributed by atoms with Gasteiger partial charge in [-0.05, 0) is 49.1 Å².